The van der Waals surface area contributed by atoms with Crippen molar-refractivity contribution >= 4 is 85.5 Å². The molecule has 3 aliphatic carbocycles. The average Bonchev–Trinajstić information content (AvgIpc) is 1.59. The van der Waals surface area contributed by atoms with E-state index in [0.29, 0.717) is 0 Å². The Morgan fingerprint density at radius 2 is 0.817 bits per heavy atom. The fraction of sp³-hybridized carbons (Fsp3) is 0.429. The van der Waals surface area contributed by atoms with Crippen LogP contribution in [-0.4, -0.2) is 6.71 Å². The number of hydrogen-bond acceptors (Lipinski definition) is 4. The molecule has 0 N–H and O–H groups in total. The third-order valence-electron chi connectivity index (χ3n) is 21.2. The van der Waals surface area contributed by atoms with Crippen molar-refractivity contribution in [3.05, 3.63) is 177 Å². The van der Waals surface area contributed by atoms with Gasteiger partial charge in [-0.15, -0.1) is 0 Å². The molecule has 0 bridgehead atoms. The molecule has 0 fully saturated rings. The Balaban J connectivity index is 1.08. The van der Waals surface area contributed by atoms with Crippen molar-refractivity contribution < 1.29 is 4.42 Å². The van der Waals surface area contributed by atoms with Gasteiger partial charge >= 0.3 is 0 Å². The van der Waals surface area contributed by atoms with Crippen molar-refractivity contribution in [2.24, 2.45) is 0 Å². The van der Waals surface area contributed by atoms with Crippen LogP contribution in [0.15, 0.2) is 132 Å². The number of rotatable bonds is 5. The van der Waals surface area contributed by atoms with Gasteiger partial charge in [-0.25, -0.2) is 0 Å². The van der Waals surface area contributed by atoms with Crippen molar-refractivity contribution in [3.8, 4) is 0 Å². The summed E-state index contributed by atoms with van der Waals surface area (Å²) in [6.07, 6.45) is 6.94. The van der Waals surface area contributed by atoms with Crippen molar-refractivity contribution in [2.75, 3.05) is 14.7 Å². The highest BCUT2D eigenvalue weighted by Crippen LogP contribution is 2.55. The highest BCUT2D eigenvalue weighted by Gasteiger charge is 2.50. The van der Waals surface area contributed by atoms with Gasteiger partial charge in [0.25, 0.3) is 6.71 Å². The molecule has 5 aliphatic rings. The number of anilines is 9. The number of nitrogens with zero attached hydrogens (tertiary/aromatic N) is 3. The summed E-state index contributed by atoms with van der Waals surface area (Å²) in [6, 6.07) is 50.7. The minimum atomic E-state index is -0.144. The molecule has 8 aromatic rings. The number of benzene rings is 7. The highest BCUT2D eigenvalue weighted by molar-refractivity contribution is 7.00. The van der Waals surface area contributed by atoms with Gasteiger partial charge in [0.2, 0.25) is 0 Å². The van der Waals surface area contributed by atoms with Crippen molar-refractivity contribution in [1.29, 1.82) is 0 Å². The van der Waals surface area contributed by atoms with Crippen LogP contribution in [0.3, 0.4) is 0 Å². The van der Waals surface area contributed by atoms with E-state index < -0.39 is 0 Å². The summed E-state index contributed by atoms with van der Waals surface area (Å²) >= 11 is 0. The molecule has 5 heteroatoms. The van der Waals surface area contributed by atoms with Gasteiger partial charge in [-0.3, -0.25) is 0 Å². The first-order chi connectivity index (χ1) is 38.3. The van der Waals surface area contributed by atoms with E-state index in [1.165, 1.54) is 101 Å². The number of aryl methyl sites for hydroxylation is 1. The quantitative estimate of drug-likeness (QED) is 0.160. The van der Waals surface area contributed by atoms with E-state index in [2.05, 4.69) is 274 Å². The topological polar surface area (TPSA) is 22.9 Å². The molecule has 0 saturated carbocycles. The largest absolute Gasteiger partial charge is 0.468 e. The molecule has 1 aromatic heterocycles. The Bertz CT molecular complexity index is 3850. The Kier molecular flexibility index (Phi) is 11.9. The van der Waals surface area contributed by atoms with E-state index in [1.54, 1.807) is 0 Å². The zero-order valence-electron chi connectivity index (χ0n) is 53.2. The van der Waals surface area contributed by atoms with Crippen LogP contribution >= 0.6 is 0 Å². The number of hydrogen-bond donors (Lipinski definition) is 0. The van der Waals surface area contributed by atoms with Crippen LogP contribution in [0.4, 0.5) is 51.2 Å². The lowest BCUT2D eigenvalue weighted by Gasteiger charge is -2.47. The zero-order chi connectivity index (χ0) is 58.4. The fourth-order valence-corrected chi connectivity index (χ4v) is 15.4. The Labute approximate surface area is 492 Å². The van der Waals surface area contributed by atoms with Gasteiger partial charge in [0, 0.05) is 50.9 Å². The highest BCUT2D eigenvalue weighted by atomic mass is 16.3. The van der Waals surface area contributed by atoms with Gasteiger partial charge in [0.15, 0.2) is 0 Å². The van der Waals surface area contributed by atoms with Crippen molar-refractivity contribution in [1.82, 2.24) is 0 Å². The minimum absolute atomic E-state index is 0.00897. The van der Waals surface area contributed by atoms with E-state index in [-0.39, 0.29) is 50.0 Å². The Hall–Kier alpha value is -6.46. The minimum Gasteiger partial charge on any atom is -0.468 e. The van der Waals surface area contributed by atoms with E-state index >= 15 is 0 Å². The molecule has 82 heavy (non-hydrogen) atoms. The van der Waals surface area contributed by atoms with Crippen LogP contribution in [0.25, 0.3) is 11.0 Å². The molecule has 7 aromatic carbocycles. The van der Waals surface area contributed by atoms with Gasteiger partial charge in [-0.05, 0) is 241 Å². The third-order valence-corrected chi connectivity index (χ3v) is 21.2. The summed E-state index contributed by atoms with van der Waals surface area (Å²) in [5.41, 5.74) is 28.3. The van der Waals surface area contributed by atoms with Crippen molar-refractivity contribution in [3.63, 3.8) is 0 Å². The number of fused-ring (bicyclic) bond motifs is 9. The van der Waals surface area contributed by atoms with Crippen LogP contribution in [-0.2, 0) is 43.3 Å². The van der Waals surface area contributed by atoms with E-state index in [1.807, 2.05) is 0 Å². The second-order valence-corrected chi connectivity index (χ2v) is 32.0. The lowest BCUT2D eigenvalue weighted by Crippen LogP contribution is -2.61. The van der Waals surface area contributed by atoms with Gasteiger partial charge in [0.1, 0.15) is 5.58 Å². The first kappa shape index (κ1) is 54.8. The van der Waals surface area contributed by atoms with E-state index in [0.717, 1.165) is 66.1 Å². The summed E-state index contributed by atoms with van der Waals surface area (Å²) in [6.45, 7) is 45.5. The third kappa shape index (κ3) is 8.49. The average molecular weight is 1080 g/mol. The van der Waals surface area contributed by atoms with E-state index in [4.69, 9.17) is 4.42 Å². The molecule has 4 nitrogen and oxygen atoms in total. The lowest BCUT2D eigenvalue weighted by molar-refractivity contribution is 0.332. The molecule has 2 aliphatic heterocycles. The summed E-state index contributed by atoms with van der Waals surface area (Å²) in [5, 5.41) is 1.19. The maximum atomic E-state index is 7.78. The predicted octanol–water partition coefficient (Wildman–Crippen LogP) is 19.9. The lowest BCUT2D eigenvalue weighted by atomic mass is 9.35. The molecule has 0 atom stereocenters. The Morgan fingerprint density at radius 1 is 0.415 bits per heavy atom. The van der Waals surface area contributed by atoms with Crippen LogP contribution < -0.4 is 31.3 Å². The SMILES string of the molecule is Cc1cc2c3c(c1)N(c1ccc(N(c4ccc(C(C)(C)C)cc4)c4ccc(C(C)(C)C)cc4)cc1)c1c(oc4cc5c(cc14)C(C)(C)CCC5(C)C)B3c1cc3c(cc1N2c1ccc2c(c1)C(C)(C)CCC2(C)C)C(C)(C)CCC3(C)C. The molecule has 0 spiro atoms. The smallest absolute Gasteiger partial charge is 0.297 e. The van der Waals surface area contributed by atoms with E-state index in [9.17, 15) is 0 Å². The van der Waals surface area contributed by atoms with Crippen LogP contribution in [0, 0.1) is 6.92 Å². The predicted molar refractivity (Wildman–Crippen MR) is 353 cm³/mol. The fourth-order valence-electron chi connectivity index (χ4n) is 15.4. The number of furan rings is 1. The van der Waals surface area contributed by atoms with Crippen LogP contribution in [0.2, 0.25) is 0 Å². The molecule has 0 radical (unpaired) electrons. The van der Waals surface area contributed by atoms with Crippen LogP contribution in [0.5, 0.6) is 0 Å². The summed E-state index contributed by atoms with van der Waals surface area (Å²) in [7, 11) is 0. The second kappa shape index (κ2) is 17.8. The molecule has 422 valence electrons. The zero-order valence-corrected chi connectivity index (χ0v) is 53.2. The van der Waals surface area contributed by atoms with Gasteiger partial charge in [0.05, 0.1) is 11.3 Å². The van der Waals surface area contributed by atoms with Crippen molar-refractivity contribution in [2.45, 2.75) is 213 Å². The molecule has 0 unspecified atom stereocenters. The normalized spacial score (nSPS) is 19.4. The van der Waals surface area contributed by atoms with Crippen LogP contribution in [0.1, 0.15) is 213 Å². The standard InChI is InChI=1S/C77H90BN3O/c1-47-40-64-67-65(41-47)81(53-30-28-52(29-31-53)79(50-24-20-48(21-25-50)70(2,3)4)51-26-22-49(23-27-51)71(5,6)7)68-55-43-58-61(77(18,19)39-36-74(58,12)13)46-66(55)82-69(68)78(67)62-44-59-60(76(16,17)38-37-75(59,14)15)45-63(62)80(64)54-32-33-56-57(42-54)73(10,11)35-34-72(56,8)9/h20-33,40-46H,34-39H2,1-19H3. The summed E-state index contributed by atoms with van der Waals surface area (Å²) in [5.74, 6) is 0. The first-order valence-corrected chi connectivity index (χ1v) is 31.1. The summed E-state index contributed by atoms with van der Waals surface area (Å²) in [4.78, 5) is 7.71. The monoisotopic (exact) mass is 1080 g/mol. The first-order valence-electron chi connectivity index (χ1n) is 31.1. The summed E-state index contributed by atoms with van der Waals surface area (Å²) < 4.78 is 7.78. The van der Waals surface area contributed by atoms with Gasteiger partial charge in [-0.2, -0.15) is 0 Å². The van der Waals surface area contributed by atoms with Gasteiger partial charge < -0.3 is 19.1 Å². The molecular weight excluding hydrogens is 994 g/mol. The molecule has 0 amide bonds. The molecule has 13 rings (SSSR count). The molecular formula is C77H90BN3O. The Morgan fingerprint density at radius 3 is 1.30 bits per heavy atom. The molecule has 0 saturated heterocycles. The maximum Gasteiger partial charge on any atom is 0.297 e. The molecule has 3 heterocycles. The second-order valence-electron chi connectivity index (χ2n) is 32.0. The maximum absolute atomic E-state index is 7.78. The van der Waals surface area contributed by atoms with Gasteiger partial charge in [-0.1, -0.05) is 161 Å².